The van der Waals surface area contributed by atoms with E-state index in [0.29, 0.717) is 30.8 Å². The van der Waals surface area contributed by atoms with E-state index >= 15 is 4.39 Å². The third-order valence-corrected chi connectivity index (χ3v) is 12.1. The van der Waals surface area contributed by atoms with Crippen LogP contribution in [-0.4, -0.2) is 84.0 Å². The highest BCUT2D eigenvalue weighted by atomic mass is 32.2. The molecule has 1 aromatic heterocycles. The lowest BCUT2D eigenvalue weighted by Gasteiger charge is -2.41. The van der Waals surface area contributed by atoms with Crippen LogP contribution in [0.25, 0.3) is 11.1 Å². The molecule has 318 valence electrons. The molecule has 0 radical (unpaired) electrons. The van der Waals surface area contributed by atoms with Crippen LogP contribution in [0.2, 0.25) is 25.7 Å². The van der Waals surface area contributed by atoms with E-state index in [0.717, 1.165) is 47.1 Å². The van der Waals surface area contributed by atoms with Gasteiger partial charge in [0.05, 0.1) is 18.4 Å². The van der Waals surface area contributed by atoms with Gasteiger partial charge in [0.15, 0.2) is 0 Å². The van der Waals surface area contributed by atoms with E-state index in [9.17, 15) is 28.7 Å². The van der Waals surface area contributed by atoms with Crippen molar-refractivity contribution >= 4 is 43.9 Å². The van der Waals surface area contributed by atoms with Crippen LogP contribution in [-0.2, 0) is 32.2 Å². The molecule has 59 heavy (non-hydrogen) atoms. The molecule has 0 aliphatic carbocycles. The van der Waals surface area contributed by atoms with Crippen molar-refractivity contribution in [2.45, 2.75) is 78.1 Å². The largest absolute Gasteiger partial charge is 0.480 e. The van der Waals surface area contributed by atoms with E-state index in [-0.39, 0.29) is 42.7 Å². The highest BCUT2D eigenvalue weighted by Gasteiger charge is 2.37. The van der Waals surface area contributed by atoms with Gasteiger partial charge in [0.25, 0.3) is 0 Å². The summed E-state index contributed by atoms with van der Waals surface area (Å²) in [6.07, 6.45) is 0.661. The second-order valence-electron chi connectivity index (χ2n) is 16.6. The van der Waals surface area contributed by atoms with Gasteiger partial charge in [-0.3, -0.25) is 4.79 Å². The molecule has 0 aliphatic rings. The van der Waals surface area contributed by atoms with Gasteiger partial charge in [-0.15, -0.1) is 11.8 Å². The number of amides is 3. The van der Waals surface area contributed by atoms with Crippen molar-refractivity contribution in [3.63, 3.8) is 0 Å². The molecule has 0 fully saturated rings. The Bertz CT molecular complexity index is 2010. The smallest absolute Gasteiger partial charge is 0.408 e. The number of benzene rings is 3. The Kier molecular flexibility index (Phi) is 17.1. The summed E-state index contributed by atoms with van der Waals surface area (Å²) in [5.41, 5.74) is 2.24. The predicted octanol–water partition coefficient (Wildman–Crippen LogP) is 8.96. The number of aromatic nitrogens is 1. The van der Waals surface area contributed by atoms with Gasteiger partial charge in [0.1, 0.15) is 24.3 Å². The number of carbonyl (C=O) groups is 4. The molecular formula is C44H56F2N4O7SSi. The van der Waals surface area contributed by atoms with Crippen LogP contribution in [0.15, 0.2) is 91.1 Å². The molecule has 1 heterocycles. The van der Waals surface area contributed by atoms with Gasteiger partial charge in [0.2, 0.25) is 5.91 Å². The molecule has 2 atom stereocenters. The van der Waals surface area contributed by atoms with Gasteiger partial charge in [-0.1, -0.05) is 101 Å². The Morgan fingerprint density at radius 2 is 1.56 bits per heavy atom. The van der Waals surface area contributed by atoms with E-state index in [1.54, 1.807) is 41.4 Å². The first kappa shape index (κ1) is 46.5. The number of carboxylic acid groups (broad SMARTS) is 1. The molecule has 15 heteroatoms. The van der Waals surface area contributed by atoms with E-state index in [2.05, 4.69) is 30.3 Å². The number of hydrogen-bond donors (Lipinski definition) is 3. The summed E-state index contributed by atoms with van der Waals surface area (Å²) in [7, 11) is -1.41. The fourth-order valence-electron chi connectivity index (χ4n) is 6.38. The van der Waals surface area contributed by atoms with Crippen LogP contribution in [0.5, 0.6) is 0 Å². The quantitative estimate of drug-likeness (QED) is 0.0592. The van der Waals surface area contributed by atoms with Crippen molar-refractivity contribution < 1.29 is 42.5 Å². The summed E-state index contributed by atoms with van der Waals surface area (Å²) in [4.78, 5) is 53.4. The molecule has 0 saturated heterocycles. The van der Waals surface area contributed by atoms with Crippen molar-refractivity contribution in [1.82, 2.24) is 20.1 Å². The standard InChI is InChI=1S/C44H56F2N4O7SSi/c1-44(2,3)40(38-24-33(35-25-34(45)18-19-36(35)46)27-49(38)26-31-14-9-7-10-15-31)50(21-13-20-47-42(54)56-22-23-59(4,5)6)39(51)30-58-29-37(41(52)53)48-43(55)57-28-32-16-11-8-12-17-32/h7-12,14-19,24-25,27,37,40H,13,20-23,26,28-30H2,1-6H3,(H,47,54)(H,48,55)(H,52,53)/t37-,40-/m0/s1. The highest BCUT2D eigenvalue weighted by Crippen LogP contribution is 2.41. The first-order valence-corrected chi connectivity index (χ1v) is 24.4. The minimum Gasteiger partial charge on any atom is -0.480 e. The first-order chi connectivity index (χ1) is 27.9. The average Bonchev–Trinajstić information content (AvgIpc) is 3.57. The highest BCUT2D eigenvalue weighted by molar-refractivity contribution is 8.00. The molecule has 0 bridgehead atoms. The van der Waals surface area contributed by atoms with Gasteiger partial charge in [-0.25, -0.2) is 23.2 Å². The molecule has 11 nitrogen and oxygen atoms in total. The van der Waals surface area contributed by atoms with Crippen LogP contribution in [0, 0.1) is 17.0 Å². The molecule has 4 aromatic rings. The Morgan fingerprint density at radius 1 is 0.898 bits per heavy atom. The van der Waals surface area contributed by atoms with Gasteiger partial charge in [-0.2, -0.15) is 0 Å². The van der Waals surface area contributed by atoms with Gasteiger partial charge in [-0.05, 0) is 53.3 Å². The monoisotopic (exact) mass is 850 g/mol. The number of ether oxygens (including phenoxy) is 2. The zero-order chi connectivity index (χ0) is 43.2. The van der Waals surface area contributed by atoms with Crippen LogP contribution in [0.4, 0.5) is 18.4 Å². The summed E-state index contributed by atoms with van der Waals surface area (Å²) in [6.45, 7) is 13.5. The Labute approximate surface area is 350 Å². The van der Waals surface area contributed by atoms with Crippen molar-refractivity contribution in [2.24, 2.45) is 5.41 Å². The third-order valence-electron chi connectivity index (χ3n) is 9.34. The number of alkyl carbamates (subject to hydrolysis) is 2. The predicted molar refractivity (Wildman–Crippen MR) is 230 cm³/mol. The van der Waals surface area contributed by atoms with Crippen molar-refractivity contribution in [1.29, 1.82) is 0 Å². The minimum atomic E-state index is -1.41. The molecule has 3 aromatic carbocycles. The third kappa shape index (κ3) is 15.2. The van der Waals surface area contributed by atoms with E-state index in [1.807, 2.05) is 61.7 Å². The van der Waals surface area contributed by atoms with Gasteiger partial charge in [0, 0.05) is 56.5 Å². The topological polar surface area (TPSA) is 139 Å². The lowest BCUT2D eigenvalue weighted by Crippen LogP contribution is -2.45. The maximum Gasteiger partial charge on any atom is 0.408 e. The average molecular weight is 851 g/mol. The zero-order valence-electron chi connectivity index (χ0n) is 34.6. The number of rotatable bonds is 20. The zero-order valence-corrected chi connectivity index (χ0v) is 36.5. The van der Waals surface area contributed by atoms with Crippen molar-refractivity contribution in [2.75, 3.05) is 31.2 Å². The van der Waals surface area contributed by atoms with Crippen LogP contribution in [0.1, 0.15) is 50.1 Å². The Hall–Kier alpha value is -5.15. The maximum atomic E-state index is 15.3. The fraction of sp³-hybridized carbons (Fsp3) is 0.409. The molecule has 3 N–H and O–H groups in total. The van der Waals surface area contributed by atoms with Crippen molar-refractivity contribution in [3.05, 3.63) is 120 Å². The van der Waals surface area contributed by atoms with Crippen LogP contribution < -0.4 is 10.6 Å². The number of hydrogen-bond acceptors (Lipinski definition) is 7. The number of halogens is 2. The summed E-state index contributed by atoms with van der Waals surface area (Å²) in [5, 5.41) is 15.1. The maximum absolute atomic E-state index is 15.3. The van der Waals surface area contributed by atoms with E-state index < -0.39 is 55.4 Å². The molecule has 3 amide bonds. The summed E-state index contributed by atoms with van der Waals surface area (Å²) >= 11 is 1.05. The minimum absolute atomic E-state index is 0.0432. The van der Waals surface area contributed by atoms with E-state index in [1.165, 1.54) is 0 Å². The number of carbonyl (C=O) groups excluding carboxylic acids is 3. The molecular weight excluding hydrogens is 795 g/mol. The molecule has 0 aliphatic heterocycles. The Balaban J connectivity index is 1.61. The molecule has 0 spiro atoms. The van der Waals surface area contributed by atoms with Crippen LogP contribution >= 0.6 is 11.8 Å². The molecule has 4 rings (SSSR count). The lowest BCUT2D eigenvalue weighted by molar-refractivity contribution is -0.138. The number of aliphatic carboxylic acids is 1. The van der Waals surface area contributed by atoms with Crippen LogP contribution in [0.3, 0.4) is 0 Å². The lowest BCUT2D eigenvalue weighted by atomic mass is 9.83. The SMILES string of the molecule is CC(C)(C)[C@H](c1cc(-c2cc(F)ccc2F)cn1Cc1ccccc1)N(CCCNC(=O)OCC[Si](C)(C)C)C(=O)CSC[C@H](NC(=O)OCc1ccccc1)C(=O)O. The van der Waals surface area contributed by atoms with Gasteiger partial charge < -0.3 is 34.7 Å². The molecule has 0 unspecified atom stereocenters. The second-order valence-corrected chi connectivity index (χ2v) is 23.2. The van der Waals surface area contributed by atoms with E-state index in [4.69, 9.17) is 9.47 Å². The number of carboxylic acids is 1. The first-order valence-electron chi connectivity index (χ1n) is 19.6. The number of nitrogens with zero attached hydrogens (tertiary/aromatic N) is 2. The summed E-state index contributed by atoms with van der Waals surface area (Å²) in [5.74, 6) is -3.08. The fourth-order valence-corrected chi connectivity index (χ4v) is 8.01. The second kappa shape index (κ2) is 21.7. The van der Waals surface area contributed by atoms with Crippen molar-refractivity contribution in [3.8, 4) is 11.1 Å². The summed E-state index contributed by atoms with van der Waals surface area (Å²) in [6, 6.07) is 22.5. The van der Waals surface area contributed by atoms with Gasteiger partial charge >= 0.3 is 18.2 Å². The number of thioether (sulfide) groups is 1. The normalized spacial score (nSPS) is 12.6. The number of nitrogens with one attached hydrogen (secondary N) is 2. The Morgan fingerprint density at radius 3 is 2.19 bits per heavy atom. The summed E-state index contributed by atoms with van der Waals surface area (Å²) < 4.78 is 42.3. The molecule has 0 saturated carbocycles.